The van der Waals surface area contributed by atoms with Gasteiger partial charge in [0.25, 0.3) is 0 Å². The Morgan fingerprint density at radius 3 is 2.88 bits per heavy atom. The van der Waals surface area contributed by atoms with Crippen molar-refractivity contribution < 1.29 is 4.79 Å². The molecule has 0 radical (unpaired) electrons. The van der Waals surface area contributed by atoms with Crippen LogP contribution in [0.2, 0.25) is 5.02 Å². The van der Waals surface area contributed by atoms with Crippen LogP contribution < -0.4 is 10.6 Å². The minimum Gasteiger partial charge on any atom is -0.382 e. The second-order valence-electron chi connectivity index (χ2n) is 4.41. The molecule has 0 saturated carbocycles. The van der Waals surface area contributed by atoms with Gasteiger partial charge in [-0.25, -0.2) is 0 Å². The van der Waals surface area contributed by atoms with E-state index in [9.17, 15) is 4.79 Å². The molecule has 16 heavy (non-hydrogen) atoms. The van der Waals surface area contributed by atoms with E-state index in [1.54, 1.807) is 6.07 Å². The van der Waals surface area contributed by atoms with Gasteiger partial charge in [-0.15, -0.1) is 0 Å². The van der Waals surface area contributed by atoms with Crippen molar-refractivity contribution in [2.45, 2.75) is 20.3 Å². The SMILES string of the molecule is CCC1(C)CNc2ccc(Cl)cc2NC1=O. The summed E-state index contributed by atoms with van der Waals surface area (Å²) in [6.07, 6.45) is 0.799. The monoisotopic (exact) mass is 238 g/mol. The highest BCUT2D eigenvalue weighted by atomic mass is 35.5. The van der Waals surface area contributed by atoms with Crippen molar-refractivity contribution in [3.8, 4) is 0 Å². The molecule has 0 bridgehead atoms. The standard InChI is InChI=1S/C12H15ClN2O/c1-3-12(2)7-14-9-5-4-8(13)6-10(9)15-11(12)16/h4-6,14H,3,7H2,1-2H3,(H,15,16). The fraction of sp³-hybridized carbons (Fsp3) is 0.417. The van der Waals surface area contributed by atoms with Gasteiger partial charge in [0.1, 0.15) is 0 Å². The molecule has 1 amide bonds. The zero-order valence-electron chi connectivity index (χ0n) is 9.43. The van der Waals surface area contributed by atoms with Gasteiger partial charge in [-0.2, -0.15) is 0 Å². The zero-order chi connectivity index (χ0) is 11.8. The largest absolute Gasteiger partial charge is 0.382 e. The van der Waals surface area contributed by atoms with E-state index in [2.05, 4.69) is 10.6 Å². The van der Waals surface area contributed by atoms with Crippen LogP contribution in [0.1, 0.15) is 20.3 Å². The van der Waals surface area contributed by atoms with Crippen molar-refractivity contribution in [1.82, 2.24) is 0 Å². The van der Waals surface area contributed by atoms with Crippen LogP contribution in [0.5, 0.6) is 0 Å². The molecule has 86 valence electrons. The molecule has 3 nitrogen and oxygen atoms in total. The number of fused-ring (bicyclic) bond motifs is 1. The number of amides is 1. The molecule has 0 aliphatic carbocycles. The van der Waals surface area contributed by atoms with Crippen molar-refractivity contribution in [2.75, 3.05) is 17.2 Å². The normalized spacial score (nSPS) is 24.1. The molecule has 1 heterocycles. The highest BCUT2D eigenvalue weighted by Gasteiger charge is 2.33. The molecule has 0 spiro atoms. The van der Waals surface area contributed by atoms with E-state index in [-0.39, 0.29) is 11.3 Å². The summed E-state index contributed by atoms with van der Waals surface area (Å²) in [7, 11) is 0. The third kappa shape index (κ3) is 1.87. The number of carbonyl (C=O) groups excluding carboxylic acids is 1. The predicted octanol–water partition coefficient (Wildman–Crippen LogP) is 3.12. The first-order chi connectivity index (χ1) is 7.55. The number of halogens is 1. The van der Waals surface area contributed by atoms with Crippen LogP contribution in [0.3, 0.4) is 0 Å². The van der Waals surface area contributed by atoms with Crippen molar-refractivity contribution in [1.29, 1.82) is 0 Å². The molecule has 1 aromatic carbocycles. The maximum absolute atomic E-state index is 12.0. The maximum atomic E-state index is 12.0. The van der Waals surface area contributed by atoms with E-state index < -0.39 is 0 Å². The summed E-state index contributed by atoms with van der Waals surface area (Å²) in [4.78, 5) is 12.0. The summed E-state index contributed by atoms with van der Waals surface area (Å²) in [6.45, 7) is 4.62. The van der Waals surface area contributed by atoms with Gasteiger partial charge in [0, 0.05) is 11.6 Å². The molecule has 1 aromatic rings. The quantitative estimate of drug-likeness (QED) is 0.789. The average Bonchev–Trinajstić information content (AvgIpc) is 2.38. The van der Waals surface area contributed by atoms with E-state index in [0.29, 0.717) is 11.6 Å². The smallest absolute Gasteiger partial charge is 0.232 e. The van der Waals surface area contributed by atoms with Crippen LogP contribution in [0.4, 0.5) is 11.4 Å². The Morgan fingerprint density at radius 1 is 1.44 bits per heavy atom. The Balaban J connectivity index is 2.37. The number of carbonyl (C=O) groups is 1. The first kappa shape index (κ1) is 11.3. The van der Waals surface area contributed by atoms with E-state index in [4.69, 9.17) is 11.6 Å². The summed E-state index contributed by atoms with van der Waals surface area (Å²) in [5.41, 5.74) is 1.32. The van der Waals surface area contributed by atoms with Gasteiger partial charge in [0.15, 0.2) is 0 Å². The molecular weight excluding hydrogens is 224 g/mol. The van der Waals surface area contributed by atoms with Gasteiger partial charge in [0.05, 0.1) is 16.8 Å². The highest BCUT2D eigenvalue weighted by Crippen LogP contribution is 2.33. The lowest BCUT2D eigenvalue weighted by atomic mass is 9.86. The lowest BCUT2D eigenvalue weighted by molar-refractivity contribution is -0.124. The number of rotatable bonds is 1. The number of nitrogens with one attached hydrogen (secondary N) is 2. The molecule has 0 aromatic heterocycles. The topological polar surface area (TPSA) is 41.1 Å². The summed E-state index contributed by atoms with van der Waals surface area (Å²) in [6, 6.07) is 5.47. The average molecular weight is 239 g/mol. The molecule has 1 unspecified atom stereocenters. The second kappa shape index (κ2) is 3.98. The summed E-state index contributed by atoms with van der Waals surface area (Å²) in [5, 5.41) is 6.83. The highest BCUT2D eigenvalue weighted by molar-refractivity contribution is 6.31. The molecule has 1 aliphatic heterocycles. The zero-order valence-corrected chi connectivity index (χ0v) is 10.2. The first-order valence-corrected chi connectivity index (χ1v) is 5.78. The van der Waals surface area contributed by atoms with Crippen LogP contribution in [0.15, 0.2) is 18.2 Å². The lowest BCUT2D eigenvalue weighted by Gasteiger charge is -2.23. The predicted molar refractivity (Wildman–Crippen MR) is 67.0 cm³/mol. The molecule has 2 rings (SSSR count). The summed E-state index contributed by atoms with van der Waals surface area (Å²) in [5.74, 6) is 0.0449. The second-order valence-corrected chi connectivity index (χ2v) is 4.85. The van der Waals surface area contributed by atoms with E-state index >= 15 is 0 Å². The molecule has 2 N–H and O–H groups in total. The molecule has 0 saturated heterocycles. The lowest BCUT2D eigenvalue weighted by Crippen LogP contribution is -2.36. The van der Waals surface area contributed by atoms with E-state index in [1.807, 2.05) is 26.0 Å². The Kier molecular flexibility index (Phi) is 2.80. The Bertz CT molecular complexity index is 433. The van der Waals surface area contributed by atoms with Gasteiger partial charge in [-0.3, -0.25) is 4.79 Å². The number of benzene rings is 1. The Morgan fingerprint density at radius 2 is 2.19 bits per heavy atom. The molecule has 4 heteroatoms. The summed E-state index contributed by atoms with van der Waals surface area (Å²) < 4.78 is 0. The molecule has 1 atom stereocenters. The summed E-state index contributed by atoms with van der Waals surface area (Å²) >= 11 is 5.90. The van der Waals surface area contributed by atoms with Gasteiger partial charge in [-0.05, 0) is 31.5 Å². The van der Waals surface area contributed by atoms with Gasteiger partial charge < -0.3 is 10.6 Å². The van der Waals surface area contributed by atoms with Gasteiger partial charge in [0.2, 0.25) is 5.91 Å². The van der Waals surface area contributed by atoms with Crippen molar-refractivity contribution in [3.05, 3.63) is 23.2 Å². The number of hydrogen-bond acceptors (Lipinski definition) is 2. The van der Waals surface area contributed by atoms with Crippen LogP contribution in [-0.4, -0.2) is 12.5 Å². The van der Waals surface area contributed by atoms with E-state index in [1.165, 1.54) is 0 Å². The van der Waals surface area contributed by atoms with Crippen LogP contribution >= 0.6 is 11.6 Å². The Hall–Kier alpha value is -1.22. The van der Waals surface area contributed by atoms with Crippen molar-refractivity contribution >= 4 is 28.9 Å². The third-order valence-corrected chi connectivity index (χ3v) is 3.46. The first-order valence-electron chi connectivity index (χ1n) is 5.40. The van der Waals surface area contributed by atoms with Crippen LogP contribution in [0.25, 0.3) is 0 Å². The van der Waals surface area contributed by atoms with Crippen molar-refractivity contribution in [3.63, 3.8) is 0 Å². The fourth-order valence-corrected chi connectivity index (χ4v) is 1.88. The molecular formula is C12H15ClN2O. The third-order valence-electron chi connectivity index (χ3n) is 3.23. The number of hydrogen-bond donors (Lipinski definition) is 2. The number of anilines is 2. The van der Waals surface area contributed by atoms with Crippen molar-refractivity contribution in [2.24, 2.45) is 5.41 Å². The van der Waals surface area contributed by atoms with Crippen LogP contribution in [-0.2, 0) is 4.79 Å². The molecule has 0 fully saturated rings. The maximum Gasteiger partial charge on any atom is 0.232 e. The van der Waals surface area contributed by atoms with Gasteiger partial charge in [-0.1, -0.05) is 18.5 Å². The fourth-order valence-electron chi connectivity index (χ4n) is 1.70. The van der Waals surface area contributed by atoms with Gasteiger partial charge >= 0.3 is 0 Å². The minimum absolute atomic E-state index is 0.0449. The Labute approximate surface area is 100 Å². The molecule has 1 aliphatic rings. The van der Waals surface area contributed by atoms with Crippen LogP contribution in [0, 0.1) is 5.41 Å². The van der Waals surface area contributed by atoms with E-state index in [0.717, 1.165) is 17.8 Å². The minimum atomic E-state index is -0.370.